The minimum Gasteiger partial charge on any atom is -0.497 e. The van der Waals surface area contributed by atoms with Crippen LogP contribution in [0, 0.1) is 0 Å². The first-order valence-electron chi connectivity index (χ1n) is 10.8. The first-order valence-corrected chi connectivity index (χ1v) is 12.9. The molecule has 0 bridgehead atoms. The number of benzene rings is 2. The molecule has 0 aromatic heterocycles. The van der Waals surface area contributed by atoms with Gasteiger partial charge >= 0.3 is 5.97 Å². The number of anilines is 1. The van der Waals surface area contributed by atoms with Crippen LogP contribution in [0.5, 0.6) is 5.75 Å². The number of hydrogen-bond donors (Lipinski definition) is 0. The topological polar surface area (TPSA) is 55.8 Å². The molecule has 5 nitrogen and oxygen atoms in total. The van der Waals surface area contributed by atoms with Crippen molar-refractivity contribution in [3.05, 3.63) is 68.8 Å². The third-order valence-electron chi connectivity index (χ3n) is 5.67. The molecule has 2 aliphatic rings. The molecule has 2 heterocycles. The van der Waals surface area contributed by atoms with Crippen LogP contribution in [0.3, 0.4) is 0 Å². The molecular weight excluding hydrogens is 486 g/mol. The first kappa shape index (κ1) is 24.6. The summed E-state index contributed by atoms with van der Waals surface area (Å²) < 4.78 is 11.7. The average Bonchev–Trinajstić information content (AvgIpc) is 3.25. The van der Waals surface area contributed by atoms with E-state index in [4.69, 9.17) is 21.7 Å². The normalized spacial score (nSPS) is 19.2. The number of esters is 1. The maximum absolute atomic E-state index is 12.9. The summed E-state index contributed by atoms with van der Waals surface area (Å²) in [5.74, 6) is 0.198. The second kappa shape index (κ2) is 9.60. The van der Waals surface area contributed by atoms with Crippen LogP contribution in [0.1, 0.15) is 38.8 Å². The predicted octanol–water partition coefficient (Wildman–Crippen LogP) is 6.29. The maximum atomic E-state index is 12.9. The zero-order valence-electron chi connectivity index (χ0n) is 19.6. The Morgan fingerprint density at radius 1 is 1.09 bits per heavy atom. The molecule has 0 unspecified atom stereocenters. The second-order valence-electron chi connectivity index (χ2n) is 8.24. The van der Waals surface area contributed by atoms with E-state index in [1.54, 1.807) is 25.9 Å². The second-order valence-corrected chi connectivity index (χ2v) is 10.9. The number of methoxy groups -OCH3 is 1. The lowest BCUT2D eigenvalue weighted by atomic mass is 9.83. The molecule has 1 amide bonds. The van der Waals surface area contributed by atoms with E-state index in [1.165, 1.54) is 23.5 Å². The van der Waals surface area contributed by atoms with E-state index in [9.17, 15) is 9.59 Å². The molecule has 0 atom stereocenters. The molecule has 4 rings (SSSR count). The Bertz CT molecular complexity index is 1250. The van der Waals surface area contributed by atoms with E-state index in [0.717, 1.165) is 31.5 Å². The summed E-state index contributed by atoms with van der Waals surface area (Å²) in [5, 5.41) is 0. The van der Waals surface area contributed by atoms with Crippen molar-refractivity contribution in [1.82, 2.24) is 0 Å². The number of rotatable bonds is 4. The maximum Gasteiger partial charge on any atom is 0.346 e. The molecule has 0 N–H and O–H groups in total. The molecule has 0 saturated heterocycles. The molecule has 0 saturated carbocycles. The lowest BCUT2D eigenvalue weighted by molar-refractivity contribution is -0.137. The van der Waals surface area contributed by atoms with E-state index in [0.29, 0.717) is 22.1 Å². The summed E-state index contributed by atoms with van der Waals surface area (Å²) in [5.41, 5.74) is 2.63. The third kappa shape index (κ3) is 4.19. The van der Waals surface area contributed by atoms with Gasteiger partial charge in [0.25, 0.3) is 0 Å². The zero-order valence-corrected chi connectivity index (χ0v) is 22.1. The van der Waals surface area contributed by atoms with Crippen molar-refractivity contribution in [2.75, 3.05) is 18.6 Å². The molecule has 0 aliphatic carbocycles. The SMILES string of the molecule is CCOC(=O)C1=C(c2ccccc2)S/C(=C2\C(=S)C(C)(C)N(C(C)=O)c3cc(OC)ccc32)S1. The van der Waals surface area contributed by atoms with Crippen molar-refractivity contribution < 1.29 is 19.1 Å². The fourth-order valence-corrected chi connectivity index (χ4v) is 7.27. The Morgan fingerprint density at radius 2 is 1.79 bits per heavy atom. The van der Waals surface area contributed by atoms with Gasteiger partial charge < -0.3 is 14.4 Å². The third-order valence-corrected chi connectivity index (χ3v) is 9.00. The Balaban J connectivity index is 1.92. The first-order chi connectivity index (χ1) is 16.2. The number of nitrogens with zero attached hydrogens (tertiary/aromatic N) is 1. The smallest absolute Gasteiger partial charge is 0.346 e. The van der Waals surface area contributed by atoms with E-state index in [-0.39, 0.29) is 11.9 Å². The number of carbonyl (C=O) groups is 2. The van der Waals surface area contributed by atoms with Gasteiger partial charge in [0.1, 0.15) is 10.7 Å². The van der Waals surface area contributed by atoms with Crippen LogP contribution in [0.2, 0.25) is 0 Å². The van der Waals surface area contributed by atoms with Gasteiger partial charge in [-0.15, -0.1) is 0 Å². The van der Waals surface area contributed by atoms with Crippen molar-refractivity contribution in [1.29, 1.82) is 0 Å². The van der Waals surface area contributed by atoms with Gasteiger partial charge in [0.05, 0.1) is 34.0 Å². The molecule has 176 valence electrons. The summed E-state index contributed by atoms with van der Waals surface area (Å²) in [6, 6.07) is 15.5. The highest BCUT2D eigenvalue weighted by molar-refractivity contribution is 8.32. The summed E-state index contributed by atoms with van der Waals surface area (Å²) >= 11 is 8.90. The number of hydrogen-bond acceptors (Lipinski definition) is 7. The highest BCUT2D eigenvalue weighted by Gasteiger charge is 2.45. The van der Waals surface area contributed by atoms with Gasteiger partial charge in [0.2, 0.25) is 5.91 Å². The standard InChI is InChI=1S/C26H25NO4S3/c1-6-31-24(29)22-21(16-10-8-7-9-11-16)33-25(34-22)20-18-13-12-17(30-5)14-19(18)27(15(2)28)26(3,4)23(20)32/h7-14H,6H2,1-5H3/b25-20+. The van der Waals surface area contributed by atoms with E-state index in [2.05, 4.69) is 0 Å². The minimum atomic E-state index is -0.746. The Morgan fingerprint density at radius 3 is 2.41 bits per heavy atom. The molecule has 34 heavy (non-hydrogen) atoms. The van der Waals surface area contributed by atoms with Gasteiger partial charge in [-0.05, 0) is 38.5 Å². The van der Waals surface area contributed by atoms with Gasteiger partial charge in [-0.25, -0.2) is 4.79 Å². The number of amides is 1. The Labute approximate surface area is 213 Å². The lowest BCUT2D eigenvalue weighted by Crippen LogP contribution is -2.55. The van der Waals surface area contributed by atoms with Crippen LogP contribution in [0.4, 0.5) is 5.69 Å². The van der Waals surface area contributed by atoms with Crippen molar-refractivity contribution in [3.63, 3.8) is 0 Å². The average molecular weight is 512 g/mol. The zero-order chi connectivity index (χ0) is 24.6. The van der Waals surface area contributed by atoms with Crippen LogP contribution in [-0.4, -0.2) is 36.0 Å². The quantitative estimate of drug-likeness (QED) is 0.272. The largest absolute Gasteiger partial charge is 0.497 e. The van der Waals surface area contributed by atoms with Crippen LogP contribution < -0.4 is 9.64 Å². The molecule has 2 aliphatic heterocycles. The van der Waals surface area contributed by atoms with Crippen molar-refractivity contribution in [3.8, 4) is 5.75 Å². The number of thiocarbonyl (C=S) groups is 1. The summed E-state index contributed by atoms with van der Waals surface area (Å²) in [7, 11) is 1.60. The van der Waals surface area contributed by atoms with Crippen molar-refractivity contribution in [2.45, 2.75) is 33.2 Å². The Hall–Kier alpha value is -2.55. The summed E-state index contributed by atoms with van der Waals surface area (Å²) in [4.78, 5) is 29.4. The monoisotopic (exact) mass is 511 g/mol. The van der Waals surface area contributed by atoms with Gasteiger partial charge in [-0.3, -0.25) is 4.79 Å². The van der Waals surface area contributed by atoms with E-state index < -0.39 is 5.54 Å². The summed E-state index contributed by atoms with van der Waals surface area (Å²) in [6.45, 7) is 7.52. The van der Waals surface area contributed by atoms with Gasteiger partial charge in [0.15, 0.2) is 0 Å². The van der Waals surface area contributed by atoms with Crippen LogP contribution in [-0.2, 0) is 14.3 Å². The van der Waals surface area contributed by atoms with Crippen molar-refractivity contribution >= 4 is 68.6 Å². The van der Waals surface area contributed by atoms with Crippen molar-refractivity contribution in [2.24, 2.45) is 0 Å². The van der Waals surface area contributed by atoms with Gasteiger partial charge in [-0.1, -0.05) is 66.1 Å². The summed E-state index contributed by atoms with van der Waals surface area (Å²) in [6.07, 6.45) is 0. The number of thioether (sulfide) groups is 2. The fraction of sp³-hybridized carbons (Fsp3) is 0.269. The molecular formula is C26H25NO4S3. The van der Waals surface area contributed by atoms with E-state index >= 15 is 0 Å². The highest BCUT2D eigenvalue weighted by atomic mass is 32.2. The Kier molecular flexibility index (Phi) is 6.94. The highest BCUT2D eigenvalue weighted by Crippen LogP contribution is 2.58. The predicted molar refractivity (Wildman–Crippen MR) is 145 cm³/mol. The number of ether oxygens (including phenoxy) is 2. The molecule has 2 aromatic rings. The molecule has 0 fully saturated rings. The number of fused-ring (bicyclic) bond motifs is 1. The fourth-order valence-electron chi connectivity index (χ4n) is 4.14. The lowest BCUT2D eigenvalue weighted by Gasteiger charge is -2.44. The van der Waals surface area contributed by atoms with Crippen LogP contribution in [0.15, 0.2) is 57.7 Å². The van der Waals surface area contributed by atoms with Gasteiger partial charge in [-0.2, -0.15) is 0 Å². The van der Waals surface area contributed by atoms with Gasteiger partial charge in [0, 0.05) is 29.0 Å². The van der Waals surface area contributed by atoms with Crippen LogP contribution in [0.25, 0.3) is 10.5 Å². The minimum absolute atomic E-state index is 0.104. The molecule has 0 spiro atoms. The van der Waals surface area contributed by atoms with Crippen LogP contribution >= 0.6 is 35.7 Å². The van der Waals surface area contributed by atoms with E-state index in [1.807, 2.05) is 62.4 Å². The molecule has 0 radical (unpaired) electrons. The number of carbonyl (C=O) groups excluding carboxylic acids is 2. The molecule has 2 aromatic carbocycles. The molecule has 8 heteroatoms.